The zero-order valence-electron chi connectivity index (χ0n) is 18.3. The highest BCUT2D eigenvalue weighted by atomic mass is 16.5. The van der Waals surface area contributed by atoms with Gasteiger partial charge in [0.1, 0.15) is 34.9 Å². The van der Waals surface area contributed by atoms with Crippen molar-refractivity contribution in [2.45, 2.75) is 30.9 Å². The van der Waals surface area contributed by atoms with Gasteiger partial charge < -0.3 is 30.2 Å². The van der Waals surface area contributed by atoms with E-state index in [1.807, 2.05) is 18.2 Å². The molecule has 0 unspecified atom stereocenters. The number of methoxy groups -OCH3 is 1. The first-order valence-electron chi connectivity index (χ1n) is 11.1. The van der Waals surface area contributed by atoms with Crippen LogP contribution in [0.5, 0.6) is 23.0 Å². The molecule has 172 valence electrons. The lowest BCUT2D eigenvalue weighted by Gasteiger charge is -2.19. The summed E-state index contributed by atoms with van der Waals surface area (Å²) in [5.41, 5.74) is 2.57. The van der Waals surface area contributed by atoms with Gasteiger partial charge >= 0.3 is 6.03 Å². The fourth-order valence-electron chi connectivity index (χ4n) is 4.55. The summed E-state index contributed by atoms with van der Waals surface area (Å²) >= 11 is 0. The average molecular weight is 458 g/mol. The second-order valence-electron chi connectivity index (χ2n) is 8.45. The third-order valence-corrected chi connectivity index (χ3v) is 6.30. The van der Waals surface area contributed by atoms with Crippen molar-refractivity contribution in [2.75, 3.05) is 17.7 Å². The lowest BCUT2D eigenvalue weighted by atomic mass is 10.1. The predicted molar refractivity (Wildman–Crippen MR) is 124 cm³/mol. The normalized spacial score (nSPS) is 21.2. The number of fused-ring (bicyclic) bond motifs is 4. The van der Waals surface area contributed by atoms with E-state index in [2.05, 4.69) is 20.9 Å². The topological polar surface area (TPSA) is 111 Å². The number of hydrogen-bond donors (Lipinski definition) is 3. The zero-order valence-corrected chi connectivity index (χ0v) is 18.3. The highest BCUT2D eigenvalue weighted by Gasteiger charge is 2.59. The first kappa shape index (κ1) is 20.3. The first-order chi connectivity index (χ1) is 16.6. The Morgan fingerprint density at radius 2 is 1.94 bits per heavy atom. The third kappa shape index (κ3) is 3.64. The lowest BCUT2D eigenvalue weighted by Crippen LogP contribution is -2.33. The maximum absolute atomic E-state index is 12.5. The summed E-state index contributed by atoms with van der Waals surface area (Å²) < 4.78 is 17.3. The Balaban J connectivity index is 1.13. The summed E-state index contributed by atoms with van der Waals surface area (Å²) in [6.07, 6.45) is 2.52. The summed E-state index contributed by atoms with van der Waals surface area (Å²) in [7, 11) is 1.60. The number of aromatic nitrogens is 1. The van der Waals surface area contributed by atoms with Gasteiger partial charge in [0.15, 0.2) is 0 Å². The molecule has 9 nitrogen and oxygen atoms in total. The minimum absolute atomic E-state index is 0.0406. The summed E-state index contributed by atoms with van der Waals surface area (Å²) in [4.78, 5) is 28.4. The summed E-state index contributed by atoms with van der Waals surface area (Å²) in [6, 6.07) is 14.3. The molecule has 3 atom stereocenters. The lowest BCUT2D eigenvalue weighted by molar-refractivity contribution is -0.116. The molecule has 0 spiro atoms. The van der Waals surface area contributed by atoms with Crippen molar-refractivity contribution in [2.24, 2.45) is 0 Å². The van der Waals surface area contributed by atoms with Crippen LogP contribution in [0.4, 0.5) is 16.3 Å². The minimum atomic E-state index is -0.285. The van der Waals surface area contributed by atoms with Crippen molar-refractivity contribution < 1.29 is 23.8 Å². The number of nitrogens with one attached hydrogen (secondary N) is 3. The monoisotopic (exact) mass is 458 g/mol. The van der Waals surface area contributed by atoms with E-state index >= 15 is 0 Å². The maximum Gasteiger partial charge on any atom is 0.319 e. The number of rotatable bonds is 5. The second kappa shape index (κ2) is 7.95. The number of carbonyl (C=O) groups excluding carboxylic acids is 2. The number of urea groups is 1. The Kier molecular flexibility index (Phi) is 4.75. The summed E-state index contributed by atoms with van der Waals surface area (Å²) in [5, 5.41) is 8.61. The molecule has 0 saturated heterocycles. The smallest absolute Gasteiger partial charge is 0.319 e. The zero-order chi connectivity index (χ0) is 23.2. The molecule has 3 heterocycles. The largest absolute Gasteiger partial charge is 0.497 e. The molecule has 0 bridgehead atoms. The van der Waals surface area contributed by atoms with Gasteiger partial charge in [-0.15, -0.1) is 0 Å². The quantitative estimate of drug-likeness (QED) is 0.536. The number of nitrogens with zero attached hydrogens (tertiary/aromatic N) is 1. The fraction of sp³-hybridized carbons (Fsp3) is 0.240. The van der Waals surface area contributed by atoms with E-state index in [4.69, 9.17) is 14.2 Å². The van der Waals surface area contributed by atoms with Gasteiger partial charge in [-0.1, -0.05) is 0 Å². The van der Waals surface area contributed by atoms with Gasteiger partial charge in [-0.25, -0.2) is 9.78 Å². The van der Waals surface area contributed by atoms with Crippen molar-refractivity contribution >= 4 is 23.4 Å². The van der Waals surface area contributed by atoms with E-state index in [-0.39, 0.29) is 30.0 Å². The Morgan fingerprint density at radius 3 is 2.76 bits per heavy atom. The Bertz CT molecular complexity index is 1290. The van der Waals surface area contributed by atoms with Crippen LogP contribution >= 0.6 is 0 Å². The van der Waals surface area contributed by atoms with Crippen molar-refractivity contribution in [1.29, 1.82) is 0 Å². The van der Waals surface area contributed by atoms with Gasteiger partial charge in [-0.2, -0.15) is 0 Å². The molecule has 3 aromatic rings. The number of hydrogen-bond acceptors (Lipinski definition) is 6. The second-order valence-corrected chi connectivity index (χ2v) is 8.45. The van der Waals surface area contributed by atoms with Crippen LogP contribution in [0.1, 0.15) is 23.5 Å². The van der Waals surface area contributed by atoms with Crippen LogP contribution in [-0.2, 0) is 11.2 Å². The minimum Gasteiger partial charge on any atom is -0.497 e. The molecule has 2 aromatic carbocycles. The molecule has 1 fully saturated rings. The van der Waals surface area contributed by atoms with E-state index in [1.165, 1.54) is 0 Å². The third-order valence-electron chi connectivity index (χ3n) is 6.30. The van der Waals surface area contributed by atoms with Crippen LogP contribution in [0.3, 0.4) is 0 Å². The van der Waals surface area contributed by atoms with Crippen LogP contribution in [-0.4, -0.2) is 36.2 Å². The van der Waals surface area contributed by atoms with Crippen molar-refractivity contribution in [3.05, 3.63) is 65.9 Å². The van der Waals surface area contributed by atoms with Crippen molar-refractivity contribution in [3.63, 3.8) is 0 Å². The summed E-state index contributed by atoms with van der Waals surface area (Å²) in [6.45, 7) is 0. The Morgan fingerprint density at radius 1 is 1.12 bits per heavy atom. The van der Waals surface area contributed by atoms with E-state index in [0.717, 1.165) is 22.6 Å². The van der Waals surface area contributed by atoms with Crippen molar-refractivity contribution in [1.82, 2.24) is 10.3 Å². The summed E-state index contributed by atoms with van der Waals surface area (Å²) in [5.74, 6) is 3.45. The molecule has 9 heteroatoms. The van der Waals surface area contributed by atoms with Gasteiger partial charge in [0.25, 0.3) is 0 Å². The molecule has 2 aliphatic heterocycles. The SMILES string of the molecule is COc1ccc(NC(=O)N[C@H]2[C@H]3Oc4ccc(Oc5ccnc6c5CCC(=O)N6)cc4[C@@H]23)cc1. The highest BCUT2D eigenvalue weighted by Crippen LogP contribution is 2.54. The molecule has 3 N–H and O–H groups in total. The van der Waals surface area contributed by atoms with E-state index in [0.29, 0.717) is 35.8 Å². The molecule has 1 saturated carbocycles. The number of anilines is 2. The van der Waals surface area contributed by atoms with Gasteiger partial charge in [0.05, 0.1) is 19.1 Å². The van der Waals surface area contributed by atoms with Gasteiger partial charge in [0, 0.05) is 29.4 Å². The number of pyridine rings is 1. The molecular weight excluding hydrogens is 436 g/mol. The number of amides is 3. The van der Waals surface area contributed by atoms with E-state index in [1.54, 1.807) is 43.6 Å². The number of ether oxygens (including phenoxy) is 3. The number of carbonyl (C=O) groups is 2. The highest BCUT2D eigenvalue weighted by molar-refractivity contribution is 5.93. The Labute approximate surface area is 195 Å². The molecule has 1 aromatic heterocycles. The van der Waals surface area contributed by atoms with Crippen LogP contribution in [0.25, 0.3) is 0 Å². The van der Waals surface area contributed by atoms with Crippen molar-refractivity contribution in [3.8, 4) is 23.0 Å². The molecule has 0 radical (unpaired) electrons. The predicted octanol–water partition coefficient (Wildman–Crippen LogP) is 3.82. The fourth-order valence-corrected chi connectivity index (χ4v) is 4.55. The molecule has 6 rings (SSSR count). The van der Waals surface area contributed by atoms with Crippen LogP contribution in [0.15, 0.2) is 54.7 Å². The number of benzene rings is 2. The van der Waals surface area contributed by atoms with Gasteiger partial charge in [0.2, 0.25) is 5.91 Å². The molecule has 34 heavy (non-hydrogen) atoms. The maximum atomic E-state index is 12.5. The average Bonchev–Trinajstić information content (AvgIpc) is 3.35. The molecule has 3 aliphatic rings. The standard InChI is InChI=1S/C25H22N4O5/c1-32-14-4-2-13(3-5-14)27-25(31)29-22-21-17-12-15(6-8-18(17)34-23(21)22)33-19-10-11-26-24-16(19)7-9-20(30)28-24/h2-6,8,10-12,21-23H,7,9H2,1H3,(H,26,28,30)(H2,27,29,31)/t21-,22+,23-/m0/s1. The first-order valence-corrected chi connectivity index (χ1v) is 11.1. The van der Waals surface area contributed by atoms with Gasteiger partial charge in [-0.3, -0.25) is 4.79 Å². The van der Waals surface area contributed by atoms with Crippen LogP contribution in [0, 0.1) is 0 Å². The van der Waals surface area contributed by atoms with Gasteiger partial charge in [-0.05, 0) is 55.0 Å². The van der Waals surface area contributed by atoms with Crippen LogP contribution < -0.4 is 30.2 Å². The molecular formula is C25H22N4O5. The Hall–Kier alpha value is -4.27. The molecule has 1 aliphatic carbocycles. The van der Waals surface area contributed by atoms with Crippen LogP contribution in [0.2, 0.25) is 0 Å². The molecule has 3 amide bonds. The van der Waals surface area contributed by atoms with E-state index in [9.17, 15) is 9.59 Å². The van der Waals surface area contributed by atoms with E-state index < -0.39 is 0 Å².